The van der Waals surface area contributed by atoms with E-state index in [2.05, 4.69) is 20.8 Å². The summed E-state index contributed by atoms with van der Waals surface area (Å²) in [6.07, 6.45) is 11.8. The largest absolute Gasteiger partial charge is 0.393 e. The van der Waals surface area contributed by atoms with Crippen LogP contribution in [0.2, 0.25) is 0 Å². The second kappa shape index (κ2) is 11.4. The zero-order chi connectivity index (χ0) is 12.2. The predicted molar refractivity (Wildman–Crippen MR) is 72.4 cm³/mol. The highest BCUT2D eigenvalue weighted by molar-refractivity contribution is 4.70. The summed E-state index contributed by atoms with van der Waals surface area (Å²) in [5.74, 6) is 0.436. The van der Waals surface area contributed by atoms with Gasteiger partial charge < -0.3 is 5.11 Å². The Labute approximate surface area is 103 Å². The molecule has 1 N–H and O–H groups in total. The molecule has 2 unspecified atom stereocenters. The lowest BCUT2D eigenvalue weighted by Crippen LogP contribution is -2.19. The fourth-order valence-corrected chi connectivity index (χ4v) is 2.19. The Hall–Kier alpha value is -0.0400. The predicted octanol–water partition coefficient (Wildman–Crippen LogP) is 4.74. The van der Waals surface area contributed by atoms with Crippen molar-refractivity contribution < 1.29 is 5.11 Å². The van der Waals surface area contributed by atoms with Gasteiger partial charge in [0.25, 0.3) is 0 Å². The number of hydrogen-bond acceptors (Lipinski definition) is 1. The molecule has 16 heavy (non-hydrogen) atoms. The number of aliphatic hydroxyl groups excluding tert-OH is 1. The van der Waals surface area contributed by atoms with Gasteiger partial charge in [-0.25, -0.2) is 0 Å². The molecule has 0 aliphatic rings. The summed E-state index contributed by atoms with van der Waals surface area (Å²) in [6, 6.07) is 0. The third-order valence-electron chi connectivity index (χ3n) is 3.45. The molecule has 0 fully saturated rings. The van der Waals surface area contributed by atoms with Crippen LogP contribution in [-0.2, 0) is 0 Å². The van der Waals surface area contributed by atoms with Crippen LogP contribution in [0, 0.1) is 12.8 Å². The van der Waals surface area contributed by atoms with E-state index in [1.54, 1.807) is 0 Å². The van der Waals surface area contributed by atoms with Crippen molar-refractivity contribution in [1.29, 1.82) is 0 Å². The van der Waals surface area contributed by atoms with Crippen LogP contribution in [-0.4, -0.2) is 11.2 Å². The minimum atomic E-state index is -0.106. The highest BCUT2D eigenvalue weighted by Gasteiger charge is 2.15. The van der Waals surface area contributed by atoms with E-state index in [1.807, 2.05) is 0 Å². The van der Waals surface area contributed by atoms with Crippen LogP contribution in [0.25, 0.3) is 0 Å². The number of hydrogen-bond donors (Lipinski definition) is 1. The van der Waals surface area contributed by atoms with Crippen molar-refractivity contribution in [2.75, 3.05) is 0 Å². The van der Waals surface area contributed by atoms with Gasteiger partial charge in [0.15, 0.2) is 0 Å². The zero-order valence-corrected chi connectivity index (χ0v) is 11.4. The summed E-state index contributed by atoms with van der Waals surface area (Å²) < 4.78 is 0. The van der Waals surface area contributed by atoms with Gasteiger partial charge in [0.2, 0.25) is 0 Å². The lowest BCUT2D eigenvalue weighted by molar-refractivity contribution is 0.0906. The van der Waals surface area contributed by atoms with Crippen LogP contribution < -0.4 is 0 Å². The maximum Gasteiger partial charge on any atom is 0.0568 e. The third-order valence-corrected chi connectivity index (χ3v) is 3.45. The zero-order valence-electron chi connectivity index (χ0n) is 11.4. The van der Waals surface area contributed by atoms with Gasteiger partial charge in [0.1, 0.15) is 0 Å². The summed E-state index contributed by atoms with van der Waals surface area (Å²) in [5, 5.41) is 10.1. The van der Waals surface area contributed by atoms with Gasteiger partial charge in [-0.3, -0.25) is 0 Å². The summed E-state index contributed by atoms with van der Waals surface area (Å²) >= 11 is 0. The SMILES string of the molecule is [CH2]CC(CCCC)C(O)CCCCCCC. The Morgan fingerprint density at radius 3 is 2.06 bits per heavy atom. The molecule has 0 saturated carbocycles. The average Bonchev–Trinajstić information content (AvgIpc) is 2.30. The van der Waals surface area contributed by atoms with Crippen molar-refractivity contribution in [2.24, 2.45) is 5.92 Å². The summed E-state index contributed by atoms with van der Waals surface area (Å²) in [5.41, 5.74) is 0. The third kappa shape index (κ3) is 8.15. The molecule has 0 amide bonds. The molecule has 0 bridgehead atoms. The van der Waals surface area contributed by atoms with Gasteiger partial charge >= 0.3 is 0 Å². The monoisotopic (exact) mass is 227 g/mol. The van der Waals surface area contributed by atoms with Crippen molar-refractivity contribution in [1.82, 2.24) is 0 Å². The van der Waals surface area contributed by atoms with E-state index in [9.17, 15) is 5.11 Å². The van der Waals surface area contributed by atoms with Crippen molar-refractivity contribution in [3.05, 3.63) is 6.92 Å². The van der Waals surface area contributed by atoms with Gasteiger partial charge in [0.05, 0.1) is 6.10 Å². The van der Waals surface area contributed by atoms with E-state index in [0.717, 1.165) is 19.3 Å². The Morgan fingerprint density at radius 2 is 1.50 bits per heavy atom. The first-order chi connectivity index (χ1) is 7.76. The molecular formula is C15H31O. The molecule has 2 atom stereocenters. The molecule has 0 aliphatic carbocycles. The summed E-state index contributed by atoms with van der Waals surface area (Å²) in [6.45, 7) is 8.40. The minimum absolute atomic E-state index is 0.106. The topological polar surface area (TPSA) is 20.2 Å². The molecule has 0 aromatic carbocycles. The Kier molecular flexibility index (Phi) is 11.4. The second-order valence-corrected chi connectivity index (χ2v) is 4.96. The van der Waals surface area contributed by atoms with Crippen molar-refractivity contribution in [3.8, 4) is 0 Å². The lowest BCUT2D eigenvalue weighted by atomic mass is 9.90. The molecule has 0 aromatic heterocycles. The molecule has 0 aliphatic heterocycles. The van der Waals surface area contributed by atoms with E-state index in [0.29, 0.717) is 5.92 Å². The quantitative estimate of drug-likeness (QED) is 0.506. The number of unbranched alkanes of at least 4 members (excludes halogenated alkanes) is 5. The summed E-state index contributed by atoms with van der Waals surface area (Å²) in [4.78, 5) is 0. The summed E-state index contributed by atoms with van der Waals surface area (Å²) in [7, 11) is 0. The van der Waals surface area contributed by atoms with Crippen molar-refractivity contribution >= 4 is 0 Å². The van der Waals surface area contributed by atoms with Gasteiger partial charge in [-0.1, -0.05) is 65.7 Å². The van der Waals surface area contributed by atoms with Crippen LogP contribution in [0.5, 0.6) is 0 Å². The molecule has 1 radical (unpaired) electrons. The van der Waals surface area contributed by atoms with Crippen molar-refractivity contribution in [3.63, 3.8) is 0 Å². The molecule has 1 nitrogen and oxygen atoms in total. The average molecular weight is 227 g/mol. The van der Waals surface area contributed by atoms with Crippen LogP contribution >= 0.6 is 0 Å². The van der Waals surface area contributed by atoms with E-state index < -0.39 is 0 Å². The Bertz CT molecular complexity index is 133. The van der Waals surface area contributed by atoms with E-state index in [4.69, 9.17) is 0 Å². The fraction of sp³-hybridized carbons (Fsp3) is 0.933. The molecule has 0 spiro atoms. The van der Waals surface area contributed by atoms with E-state index in [1.165, 1.54) is 44.9 Å². The molecular weight excluding hydrogens is 196 g/mol. The normalized spacial score (nSPS) is 15.0. The van der Waals surface area contributed by atoms with E-state index in [-0.39, 0.29) is 6.10 Å². The lowest BCUT2D eigenvalue weighted by Gasteiger charge is -2.21. The van der Waals surface area contributed by atoms with Gasteiger partial charge in [-0.2, -0.15) is 0 Å². The molecule has 0 rings (SSSR count). The molecule has 0 aromatic rings. The van der Waals surface area contributed by atoms with Gasteiger partial charge in [0, 0.05) is 0 Å². The first-order valence-electron chi connectivity index (χ1n) is 7.23. The number of aliphatic hydroxyl groups is 1. The fourth-order valence-electron chi connectivity index (χ4n) is 2.19. The second-order valence-electron chi connectivity index (χ2n) is 4.96. The standard InChI is InChI=1S/C15H31O/c1-4-7-9-10-11-13-15(16)14(6-3)12-8-5-2/h14-16H,3-13H2,1-2H3. The first kappa shape index (κ1) is 16.0. The molecule has 1 heteroatoms. The first-order valence-corrected chi connectivity index (χ1v) is 7.23. The van der Waals surface area contributed by atoms with E-state index >= 15 is 0 Å². The maximum absolute atomic E-state index is 10.1. The highest BCUT2D eigenvalue weighted by atomic mass is 16.3. The Balaban J connectivity index is 3.54. The molecule has 0 heterocycles. The van der Waals surface area contributed by atoms with Gasteiger partial charge in [-0.15, -0.1) is 0 Å². The van der Waals surface area contributed by atoms with Crippen LogP contribution in [0.3, 0.4) is 0 Å². The van der Waals surface area contributed by atoms with Crippen LogP contribution in [0.4, 0.5) is 0 Å². The van der Waals surface area contributed by atoms with Crippen molar-refractivity contribution in [2.45, 2.75) is 84.2 Å². The molecule has 97 valence electrons. The Morgan fingerprint density at radius 1 is 0.875 bits per heavy atom. The smallest absolute Gasteiger partial charge is 0.0568 e. The number of rotatable bonds is 11. The maximum atomic E-state index is 10.1. The van der Waals surface area contributed by atoms with Gasteiger partial charge in [-0.05, 0) is 25.2 Å². The highest BCUT2D eigenvalue weighted by Crippen LogP contribution is 2.21. The van der Waals surface area contributed by atoms with Crippen LogP contribution in [0.1, 0.15) is 78.1 Å². The van der Waals surface area contributed by atoms with Crippen LogP contribution in [0.15, 0.2) is 0 Å². The molecule has 0 saturated heterocycles. The minimum Gasteiger partial charge on any atom is -0.393 e.